The zero-order chi connectivity index (χ0) is 16.3. The van der Waals surface area contributed by atoms with Crippen LogP contribution in [-0.4, -0.2) is 57.0 Å². The van der Waals surface area contributed by atoms with E-state index in [0.29, 0.717) is 6.54 Å². The van der Waals surface area contributed by atoms with E-state index in [9.17, 15) is 13.2 Å². The number of amides is 1. The summed E-state index contributed by atoms with van der Waals surface area (Å²) in [5.74, 6) is 0.614. The van der Waals surface area contributed by atoms with E-state index in [-0.39, 0.29) is 18.5 Å². The van der Waals surface area contributed by atoms with Gasteiger partial charge in [0.2, 0.25) is 15.9 Å². The van der Waals surface area contributed by atoms with Crippen LogP contribution in [0.25, 0.3) is 0 Å². The van der Waals surface area contributed by atoms with Crippen LogP contribution in [-0.2, 0) is 14.8 Å². The molecule has 0 aliphatic carbocycles. The number of likely N-dealkylation sites (tertiary alicyclic amines) is 1. The topological polar surface area (TPSA) is 66.9 Å². The summed E-state index contributed by atoms with van der Waals surface area (Å²) in [4.78, 5) is 14.2. The van der Waals surface area contributed by atoms with Crippen molar-refractivity contribution in [3.8, 4) is 5.75 Å². The van der Waals surface area contributed by atoms with Gasteiger partial charge in [0, 0.05) is 13.6 Å². The van der Waals surface area contributed by atoms with Gasteiger partial charge in [-0.05, 0) is 30.5 Å². The molecule has 1 aromatic carbocycles. The summed E-state index contributed by atoms with van der Waals surface area (Å²) in [6.07, 6.45) is 2.91. The molecule has 0 bridgehead atoms. The Bertz CT molecular complexity index is 627. The fraction of sp³-hybridized carbons (Fsp3) is 0.533. The summed E-state index contributed by atoms with van der Waals surface area (Å²) in [5.41, 5.74) is 1.05. The Balaban J connectivity index is 2.11. The van der Waals surface area contributed by atoms with Crippen LogP contribution >= 0.6 is 0 Å². The molecule has 6 nitrogen and oxygen atoms in total. The standard InChI is InChI=1S/C15H22N2O4S/c1-16(22(3,19)20)11-15(18)17-10-4-5-14(17)12-6-8-13(21-2)9-7-12/h6-9,14H,4-5,10-11H2,1-3H3. The molecular weight excluding hydrogens is 304 g/mol. The molecule has 1 fully saturated rings. The van der Waals surface area contributed by atoms with Crippen molar-refractivity contribution in [2.45, 2.75) is 18.9 Å². The van der Waals surface area contributed by atoms with E-state index in [1.165, 1.54) is 7.05 Å². The molecule has 0 radical (unpaired) electrons. The molecular formula is C15H22N2O4S. The molecule has 1 heterocycles. The molecule has 1 aliphatic rings. The minimum absolute atomic E-state index is 0.00589. The molecule has 7 heteroatoms. The van der Waals surface area contributed by atoms with Gasteiger partial charge in [0.25, 0.3) is 0 Å². The number of sulfonamides is 1. The average molecular weight is 326 g/mol. The van der Waals surface area contributed by atoms with Crippen LogP contribution in [0.3, 0.4) is 0 Å². The largest absolute Gasteiger partial charge is 0.497 e. The maximum absolute atomic E-state index is 12.4. The van der Waals surface area contributed by atoms with Gasteiger partial charge in [-0.25, -0.2) is 8.42 Å². The number of methoxy groups -OCH3 is 1. The molecule has 1 aliphatic heterocycles. The first-order valence-electron chi connectivity index (χ1n) is 7.17. The Labute approximate surface area is 131 Å². The van der Waals surface area contributed by atoms with Crippen LogP contribution in [0.2, 0.25) is 0 Å². The second-order valence-electron chi connectivity index (χ2n) is 5.54. The summed E-state index contributed by atoms with van der Waals surface area (Å²) < 4.78 is 29.1. The van der Waals surface area contributed by atoms with E-state index < -0.39 is 10.0 Å². The molecule has 1 atom stereocenters. The number of likely N-dealkylation sites (N-methyl/N-ethyl adjacent to an activating group) is 1. The van der Waals surface area contributed by atoms with Crippen LogP contribution in [0.5, 0.6) is 5.75 Å². The number of carbonyl (C=O) groups excluding carboxylic acids is 1. The number of hydrogen-bond donors (Lipinski definition) is 0. The second-order valence-corrected chi connectivity index (χ2v) is 7.63. The van der Waals surface area contributed by atoms with Gasteiger partial charge in [-0.1, -0.05) is 12.1 Å². The molecule has 0 saturated carbocycles. The predicted molar refractivity (Wildman–Crippen MR) is 84.2 cm³/mol. The average Bonchev–Trinajstić information content (AvgIpc) is 2.95. The molecule has 122 valence electrons. The van der Waals surface area contributed by atoms with Gasteiger partial charge in [0.05, 0.1) is 26.0 Å². The number of ether oxygens (including phenoxy) is 1. The quantitative estimate of drug-likeness (QED) is 0.817. The first kappa shape index (κ1) is 16.8. The van der Waals surface area contributed by atoms with Crippen molar-refractivity contribution in [2.24, 2.45) is 0 Å². The van der Waals surface area contributed by atoms with Crippen molar-refractivity contribution < 1.29 is 17.9 Å². The zero-order valence-corrected chi connectivity index (χ0v) is 14.0. The normalized spacial score (nSPS) is 18.7. The number of rotatable bonds is 5. The minimum Gasteiger partial charge on any atom is -0.497 e. The Hall–Kier alpha value is -1.60. The van der Waals surface area contributed by atoms with E-state index in [1.807, 2.05) is 24.3 Å². The summed E-state index contributed by atoms with van der Waals surface area (Å²) in [5, 5.41) is 0. The minimum atomic E-state index is -3.35. The number of hydrogen-bond acceptors (Lipinski definition) is 4. The van der Waals surface area contributed by atoms with Crippen molar-refractivity contribution in [1.82, 2.24) is 9.21 Å². The molecule has 1 aromatic rings. The highest BCUT2D eigenvalue weighted by molar-refractivity contribution is 7.88. The van der Waals surface area contributed by atoms with Crippen LogP contribution in [0.1, 0.15) is 24.4 Å². The Morgan fingerprint density at radius 1 is 1.36 bits per heavy atom. The third-order valence-electron chi connectivity index (χ3n) is 4.00. The second kappa shape index (κ2) is 6.66. The Morgan fingerprint density at radius 2 is 2.00 bits per heavy atom. The highest BCUT2D eigenvalue weighted by atomic mass is 32.2. The van der Waals surface area contributed by atoms with Gasteiger partial charge in [-0.3, -0.25) is 4.79 Å². The lowest BCUT2D eigenvalue weighted by Gasteiger charge is -2.27. The maximum Gasteiger partial charge on any atom is 0.238 e. The van der Waals surface area contributed by atoms with Crippen LogP contribution < -0.4 is 4.74 Å². The first-order valence-corrected chi connectivity index (χ1v) is 9.02. The lowest BCUT2D eigenvalue weighted by Crippen LogP contribution is -2.40. The predicted octanol–water partition coefficient (Wildman–Crippen LogP) is 1.25. The number of nitrogens with zero attached hydrogens (tertiary/aromatic N) is 2. The molecule has 0 N–H and O–H groups in total. The summed E-state index contributed by atoms with van der Waals surface area (Å²) in [6.45, 7) is 0.540. The Kier molecular flexibility index (Phi) is 5.08. The van der Waals surface area contributed by atoms with Gasteiger partial charge in [-0.2, -0.15) is 4.31 Å². The molecule has 1 saturated heterocycles. The van der Waals surface area contributed by atoms with Gasteiger partial charge in [0.1, 0.15) is 5.75 Å². The molecule has 1 amide bonds. The van der Waals surface area contributed by atoms with Crippen molar-refractivity contribution in [3.63, 3.8) is 0 Å². The molecule has 2 rings (SSSR count). The van der Waals surface area contributed by atoms with Crippen LogP contribution in [0, 0.1) is 0 Å². The van der Waals surface area contributed by atoms with Crippen molar-refractivity contribution in [2.75, 3.05) is 33.5 Å². The smallest absolute Gasteiger partial charge is 0.238 e. The van der Waals surface area contributed by atoms with E-state index in [4.69, 9.17) is 4.74 Å². The Morgan fingerprint density at radius 3 is 2.55 bits per heavy atom. The van der Waals surface area contributed by atoms with E-state index in [2.05, 4.69) is 0 Å². The lowest BCUT2D eigenvalue weighted by atomic mass is 10.0. The van der Waals surface area contributed by atoms with E-state index in [1.54, 1.807) is 12.0 Å². The maximum atomic E-state index is 12.4. The van der Waals surface area contributed by atoms with Crippen molar-refractivity contribution in [3.05, 3.63) is 29.8 Å². The van der Waals surface area contributed by atoms with Crippen molar-refractivity contribution in [1.29, 1.82) is 0 Å². The highest BCUT2D eigenvalue weighted by Crippen LogP contribution is 2.32. The van der Waals surface area contributed by atoms with Gasteiger partial charge in [0.15, 0.2) is 0 Å². The fourth-order valence-corrected chi connectivity index (χ4v) is 2.98. The highest BCUT2D eigenvalue weighted by Gasteiger charge is 2.31. The summed E-state index contributed by atoms with van der Waals surface area (Å²) in [6, 6.07) is 7.66. The molecule has 0 spiro atoms. The fourth-order valence-electron chi connectivity index (χ4n) is 2.64. The van der Waals surface area contributed by atoms with Gasteiger partial charge in [-0.15, -0.1) is 0 Å². The van der Waals surface area contributed by atoms with Gasteiger partial charge < -0.3 is 9.64 Å². The number of benzene rings is 1. The van der Waals surface area contributed by atoms with Crippen LogP contribution in [0.15, 0.2) is 24.3 Å². The molecule has 22 heavy (non-hydrogen) atoms. The third-order valence-corrected chi connectivity index (χ3v) is 5.26. The molecule has 0 aromatic heterocycles. The van der Waals surface area contributed by atoms with Gasteiger partial charge >= 0.3 is 0 Å². The third kappa shape index (κ3) is 3.78. The zero-order valence-electron chi connectivity index (χ0n) is 13.2. The summed E-state index contributed by atoms with van der Waals surface area (Å²) in [7, 11) is -0.314. The first-order chi connectivity index (χ1) is 10.3. The van der Waals surface area contributed by atoms with Crippen molar-refractivity contribution >= 4 is 15.9 Å². The monoisotopic (exact) mass is 326 g/mol. The number of carbonyl (C=O) groups is 1. The lowest BCUT2D eigenvalue weighted by molar-refractivity contribution is -0.132. The molecule has 1 unspecified atom stereocenters. The van der Waals surface area contributed by atoms with E-state index >= 15 is 0 Å². The summed E-state index contributed by atoms with van der Waals surface area (Å²) >= 11 is 0. The van der Waals surface area contributed by atoms with E-state index in [0.717, 1.165) is 34.7 Å². The van der Waals surface area contributed by atoms with Crippen LogP contribution in [0.4, 0.5) is 0 Å². The SMILES string of the molecule is COc1ccc(C2CCCN2C(=O)CN(C)S(C)(=O)=O)cc1.